The van der Waals surface area contributed by atoms with Crippen molar-refractivity contribution in [2.45, 2.75) is 0 Å². The van der Waals surface area contributed by atoms with Crippen molar-refractivity contribution in [2.75, 3.05) is 25.0 Å². The predicted molar refractivity (Wildman–Crippen MR) is 75.4 cm³/mol. The van der Waals surface area contributed by atoms with E-state index < -0.39 is 11.9 Å². The Morgan fingerprint density at radius 2 is 1.35 bits per heavy atom. The summed E-state index contributed by atoms with van der Waals surface area (Å²) in [5.74, 6) is 3.42. The SMILES string of the molecule is O=C(CCl)OCC#CCOC(=O)CCl.c1ccncc1. The lowest BCUT2D eigenvalue weighted by Crippen LogP contribution is -2.07. The van der Waals surface area contributed by atoms with Crippen LogP contribution in [0, 0.1) is 11.8 Å². The molecule has 0 aliphatic rings. The van der Waals surface area contributed by atoms with Crippen molar-refractivity contribution in [3.63, 3.8) is 0 Å². The number of hydrogen-bond donors (Lipinski definition) is 0. The predicted octanol–water partition coefficient (Wildman–Crippen LogP) is 1.64. The van der Waals surface area contributed by atoms with Crippen LogP contribution in [0.1, 0.15) is 0 Å². The number of pyridine rings is 1. The molecular weight excluding hydrogens is 305 g/mol. The molecule has 0 atom stereocenters. The number of rotatable bonds is 4. The number of alkyl halides is 2. The Bertz CT molecular complexity index is 392. The first-order valence-corrected chi connectivity index (χ1v) is 6.51. The molecule has 0 radical (unpaired) electrons. The highest BCUT2D eigenvalue weighted by Gasteiger charge is 1.96. The van der Waals surface area contributed by atoms with Gasteiger partial charge in [-0.3, -0.25) is 14.6 Å². The highest BCUT2D eigenvalue weighted by Crippen LogP contribution is 1.82. The third-order valence-corrected chi connectivity index (χ3v) is 1.96. The molecule has 0 fully saturated rings. The number of halogens is 2. The minimum Gasteiger partial charge on any atom is -0.452 e. The highest BCUT2D eigenvalue weighted by atomic mass is 35.5. The molecule has 0 aliphatic carbocycles. The molecule has 0 saturated heterocycles. The molecular formula is C13H13Cl2NO4. The summed E-state index contributed by atoms with van der Waals surface area (Å²) in [6.45, 7) is -0.131. The Balaban J connectivity index is 0.000000493. The molecule has 108 valence electrons. The Morgan fingerprint density at radius 3 is 1.60 bits per heavy atom. The van der Waals surface area contributed by atoms with E-state index in [-0.39, 0.29) is 25.0 Å². The minimum absolute atomic E-state index is 0.0655. The first kappa shape index (κ1) is 18.2. The van der Waals surface area contributed by atoms with Crippen LogP contribution < -0.4 is 0 Å². The van der Waals surface area contributed by atoms with E-state index in [1.807, 2.05) is 18.2 Å². The third-order valence-electron chi connectivity index (χ3n) is 1.52. The Labute approximate surface area is 127 Å². The Hall–Kier alpha value is -1.77. The quantitative estimate of drug-likeness (QED) is 0.480. The van der Waals surface area contributed by atoms with E-state index in [4.69, 9.17) is 23.2 Å². The largest absolute Gasteiger partial charge is 0.452 e. The number of esters is 2. The van der Waals surface area contributed by atoms with E-state index in [9.17, 15) is 9.59 Å². The maximum absolute atomic E-state index is 10.5. The van der Waals surface area contributed by atoms with Gasteiger partial charge in [0.2, 0.25) is 0 Å². The number of aromatic nitrogens is 1. The Kier molecular flexibility index (Phi) is 12.4. The van der Waals surface area contributed by atoms with Crippen LogP contribution >= 0.6 is 23.2 Å². The Morgan fingerprint density at radius 1 is 0.900 bits per heavy atom. The maximum Gasteiger partial charge on any atom is 0.321 e. The minimum atomic E-state index is -0.543. The summed E-state index contributed by atoms with van der Waals surface area (Å²) in [4.78, 5) is 24.7. The van der Waals surface area contributed by atoms with Gasteiger partial charge in [-0.25, -0.2) is 0 Å². The molecule has 5 nitrogen and oxygen atoms in total. The zero-order valence-corrected chi connectivity index (χ0v) is 12.1. The number of nitrogens with zero attached hydrogens (tertiary/aromatic N) is 1. The van der Waals surface area contributed by atoms with Gasteiger partial charge in [-0.05, 0) is 12.1 Å². The second-order valence-electron chi connectivity index (χ2n) is 2.97. The van der Waals surface area contributed by atoms with Crippen LogP contribution in [0.3, 0.4) is 0 Å². The van der Waals surface area contributed by atoms with Crippen LogP contribution in [0.4, 0.5) is 0 Å². The third kappa shape index (κ3) is 12.7. The van der Waals surface area contributed by atoms with Crippen molar-refractivity contribution in [3.05, 3.63) is 30.6 Å². The van der Waals surface area contributed by atoms with Gasteiger partial charge < -0.3 is 9.47 Å². The molecule has 1 aromatic heterocycles. The fourth-order valence-electron chi connectivity index (χ4n) is 0.725. The lowest BCUT2D eigenvalue weighted by molar-refractivity contribution is -0.140. The molecule has 0 N–H and O–H groups in total. The van der Waals surface area contributed by atoms with Gasteiger partial charge in [0, 0.05) is 12.4 Å². The average molecular weight is 318 g/mol. The summed E-state index contributed by atoms with van der Waals surface area (Å²) < 4.78 is 9.03. The molecule has 0 spiro atoms. The van der Waals surface area contributed by atoms with E-state index in [0.717, 1.165) is 0 Å². The number of ether oxygens (including phenoxy) is 2. The number of carbonyl (C=O) groups excluding carboxylic acids is 2. The van der Waals surface area contributed by atoms with E-state index in [1.165, 1.54) is 0 Å². The summed E-state index contributed by atoms with van der Waals surface area (Å²) in [5.41, 5.74) is 0. The summed E-state index contributed by atoms with van der Waals surface area (Å²) in [7, 11) is 0. The van der Waals surface area contributed by atoms with Crippen LogP contribution in [0.25, 0.3) is 0 Å². The molecule has 1 heterocycles. The number of carbonyl (C=O) groups is 2. The van der Waals surface area contributed by atoms with Crippen molar-refractivity contribution in [1.29, 1.82) is 0 Å². The zero-order chi connectivity index (χ0) is 15.1. The van der Waals surface area contributed by atoms with Gasteiger partial charge in [0.1, 0.15) is 11.8 Å². The lowest BCUT2D eigenvalue weighted by atomic mass is 10.5. The van der Waals surface area contributed by atoms with Crippen LogP contribution in [0.15, 0.2) is 30.6 Å². The van der Waals surface area contributed by atoms with Crippen LogP contribution in [0.2, 0.25) is 0 Å². The maximum atomic E-state index is 10.5. The first-order valence-electron chi connectivity index (χ1n) is 5.44. The fraction of sp³-hybridized carbons (Fsp3) is 0.308. The molecule has 0 aromatic carbocycles. The normalized spacial score (nSPS) is 8.30. The van der Waals surface area contributed by atoms with Crippen LogP contribution in [-0.4, -0.2) is 41.9 Å². The van der Waals surface area contributed by atoms with Crippen molar-refractivity contribution >= 4 is 35.1 Å². The molecule has 1 rings (SSSR count). The van der Waals surface area contributed by atoms with Crippen LogP contribution in [0.5, 0.6) is 0 Å². The second-order valence-corrected chi connectivity index (χ2v) is 3.50. The molecule has 0 unspecified atom stereocenters. The summed E-state index contributed by atoms with van der Waals surface area (Å²) >= 11 is 10.3. The van der Waals surface area contributed by atoms with Gasteiger partial charge in [0.25, 0.3) is 0 Å². The topological polar surface area (TPSA) is 65.5 Å². The van der Waals surface area contributed by atoms with Crippen molar-refractivity contribution in [3.8, 4) is 11.8 Å². The zero-order valence-electron chi connectivity index (χ0n) is 10.6. The summed E-state index contributed by atoms with van der Waals surface area (Å²) in [5, 5.41) is 0. The monoisotopic (exact) mass is 317 g/mol. The van der Waals surface area contributed by atoms with E-state index in [1.54, 1.807) is 12.4 Å². The smallest absolute Gasteiger partial charge is 0.321 e. The molecule has 1 aromatic rings. The lowest BCUT2D eigenvalue weighted by Gasteiger charge is -1.95. The first-order chi connectivity index (χ1) is 9.70. The molecule has 20 heavy (non-hydrogen) atoms. The van der Waals surface area contributed by atoms with Gasteiger partial charge in [-0.1, -0.05) is 17.9 Å². The van der Waals surface area contributed by atoms with Gasteiger partial charge in [0.15, 0.2) is 13.2 Å². The van der Waals surface area contributed by atoms with Gasteiger partial charge in [0.05, 0.1) is 0 Å². The van der Waals surface area contributed by atoms with E-state index >= 15 is 0 Å². The highest BCUT2D eigenvalue weighted by molar-refractivity contribution is 6.26. The molecule has 0 aliphatic heterocycles. The van der Waals surface area contributed by atoms with Crippen molar-refractivity contribution < 1.29 is 19.1 Å². The van der Waals surface area contributed by atoms with E-state index in [0.29, 0.717) is 0 Å². The van der Waals surface area contributed by atoms with Crippen molar-refractivity contribution in [1.82, 2.24) is 4.98 Å². The summed E-state index contributed by atoms with van der Waals surface area (Å²) in [6, 6.07) is 5.72. The average Bonchev–Trinajstić information content (AvgIpc) is 2.52. The molecule has 0 amide bonds. The molecule has 0 bridgehead atoms. The molecule has 0 saturated carbocycles. The van der Waals surface area contributed by atoms with E-state index in [2.05, 4.69) is 26.3 Å². The van der Waals surface area contributed by atoms with Crippen LogP contribution in [-0.2, 0) is 19.1 Å². The van der Waals surface area contributed by atoms with Gasteiger partial charge in [-0.15, -0.1) is 23.2 Å². The number of hydrogen-bond acceptors (Lipinski definition) is 5. The second kappa shape index (κ2) is 13.7. The van der Waals surface area contributed by atoms with Crippen molar-refractivity contribution in [2.24, 2.45) is 0 Å². The van der Waals surface area contributed by atoms with Gasteiger partial charge >= 0.3 is 11.9 Å². The summed E-state index contributed by atoms with van der Waals surface area (Å²) in [6.07, 6.45) is 3.50. The molecule has 7 heteroatoms. The standard InChI is InChI=1S/C8H8Cl2O4.C5H5N/c9-5-7(11)13-3-1-2-4-14-8(12)6-10;1-2-4-6-5-3-1/h3-6H2;1-5H. The van der Waals surface area contributed by atoms with Gasteiger partial charge in [-0.2, -0.15) is 0 Å². The fourth-order valence-corrected chi connectivity index (χ4v) is 0.879.